The number of nitrogens with one attached hydrogen (secondary N) is 1. The lowest BCUT2D eigenvalue weighted by molar-refractivity contribution is 0.0247. The number of pyridine rings is 1. The van der Waals surface area contributed by atoms with Gasteiger partial charge >= 0.3 is 0 Å². The Morgan fingerprint density at radius 2 is 2.09 bits per heavy atom. The average Bonchev–Trinajstić information content (AvgIpc) is 2.62. The zero-order valence-corrected chi connectivity index (χ0v) is 13.3. The molecule has 120 valence electrons. The maximum absolute atomic E-state index is 12.2. The van der Waals surface area contributed by atoms with E-state index >= 15 is 0 Å². The van der Waals surface area contributed by atoms with Crippen molar-refractivity contribution in [3.63, 3.8) is 0 Å². The normalized spacial score (nSPS) is 19.7. The van der Waals surface area contributed by atoms with Crippen LogP contribution in [0.15, 0.2) is 41.2 Å². The summed E-state index contributed by atoms with van der Waals surface area (Å²) in [5, 5.41) is 3.53. The molecular formula is C19H22N2O2. The summed E-state index contributed by atoms with van der Waals surface area (Å²) in [5.41, 5.74) is 4.62. The van der Waals surface area contributed by atoms with E-state index in [1.165, 1.54) is 24.0 Å². The summed E-state index contributed by atoms with van der Waals surface area (Å²) in [5.74, 6) is 0. The van der Waals surface area contributed by atoms with Gasteiger partial charge in [0.1, 0.15) is 0 Å². The molecule has 0 radical (unpaired) electrons. The molecule has 23 heavy (non-hydrogen) atoms. The molecule has 2 aliphatic rings. The van der Waals surface area contributed by atoms with Crippen molar-refractivity contribution >= 4 is 5.69 Å². The minimum absolute atomic E-state index is 0.0777. The Labute approximate surface area is 136 Å². The monoisotopic (exact) mass is 310 g/mol. The highest BCUT2D eigenvalue weighted by Crippen LogP contribution is 2.33. The van der Waals surface area contributed by atoms with Crippen LogP contribution in [0.3, 0.4) is 0 Å². The summed E-state index contributed by atoms with van der Waals surface area (Å²) in [6.07, 6.45) is 4.70. The quantitative estimate of drug-likeness (QED) is 0.947. The molecule has 1 saturated heterocycles. The molecule has 0 aliphatic carbocycles. The Hall–Kier alpha value is -2.07. The van der Waals surface area contributed by atoms with Gasteiger partial charge in [0, 0.05) is 31.3 Å². The Morgan fingerprint density at radius 1 is 1.17 bits per heavy atom. The first-order chi connectivity index (χ1) is 11.3. The van der Waals surface area contributed by atoms with E-state index in [0.29, 0.717) is 0 Å². The fraction of sp³-hybridized carbons (Fsp3) is 0.421. The number of anilines is 1. The molecule has 4 heteroatoms. The van der Waals surface area contributed by atoms with Gasteiger partial charge in [-0.25, -0.2) is 0 Å². The third-order valence-corrected chi connectivity index (χ3v) is 4.86. The van der Waals surface area contributed by atoms with Gasteiger partial charge in [0.2, 0.25) is 0 Å². The molecule has 1 fully saturated rings. The smallest absolute Gasteiger partial charge is 0.251 e. The molecule has 0 bridgehead atoms. The van der Waals surface area contributed by atoms with E-state index in [-0.39, 0.29) is 11.7 Å². The van der Waals surface area contributed by atoms with E-state index in [1.54, 1.807) is 6.07 Å². The number of benzene rings is 1. The first-order valence-electron chi connectivity index (χ1n) is 8.50. The lowest BCUT2D eigenvalue weighted by Gasteiger charge is -2.27. The maximum atomic E-state index is 12.2. The fourth-order valence-electron chi connectivity index (χ4n) is 3.63. The number of hydrogen-bond donors (Lipinski definition) is 1. The van der Waals surface area contributed by atoms with Gasteiger partial charge in [-0.1, -0.05) is 24.3 Å². The van der Waals surface area contributed by atoms with Crippen molar-refractivity contribution in [1.82, 2.24) is 4.57 Å². The zero-order chi connectivity index (χ0) is 15.6. The van der Waals surface area contributed by atoms with Crippen LogP contribution in [0.2, 0.25) is 0 Å². The number of fused-ring (bicyclic) bond motifs is 3. The van der Waals surface area contributed by atoms with Crippen molar-refractivity contribution in [2.75, 3.05) is 18.5 Å². The molecule has 3 heterocycles. The predicted octanol–water partition coefficient (Wildman–Crippen LogP) is 3.05. The Morgan fingerprint density at radius 3 is 2.96 bits per heavy atom. The van der Waals surface area contributed by atoms with E-state index in [2.05, 4.69) is 23.5 Å². The van der Waals surface area contributed by atoms with E-state index in [1.807, 2.05) is 16.7 Å². The van der Waals surface area contributed by atoms with Crippen molar-refractivity contribution in [2.24, 2.45) is 0 Å². The van der Waals surface area contributed by atoms with E-state index in [9.17, 15) is 4.79 Å². The summed E-state index contributed by atoms with van der Waals surface area (Å²) in [7, 11) is 0. The van der Waals surface area contributed by atoms with Crippen molar-refractivity contribution in [3.8, 4) is 11.3 Å². The van der Waals surface area contributed by atoms with Crippen molar-refractivity contribution in [2.45, 2.75) is 38.3 Å². The average molecular weight is 310 g/mol. The van der Waals surface area contributed by atoms with Gasteiger partial charge in [0.25, 0.3) is 5.56 Å². The molecule has 4 rings (SSSR count). The molecule has 0 saturated carbocycles. The fourth-order valence-corrected chi connectivity index (χ4v) is 3.63. The molecule has 1 N–H and O–H groups in total. The van der Waals surface area contributed by atoms with E-state index in [4.69, 9.17) is 4.74 Å². The number of aryl methyl sites for hydroxylation is 1. The lowest BCUT2D eigenvalue weighted by Crippen LogP contribution is -2.30. The summed E-state index contributed by atoms with van der Waals surface area (Å²) in [6, 6.07) is 12.0. The lowest BCUT2D eigenvalue weighted by atomic mass is 9.96. The highest BCUT2D eigenvalue weighted by atomic mass is 16.5. The number of aromatic nitrogens is 1. The summed E-state index contributed by atoms with van der Waals surface area (Å²) < 4.78 is 7.70. The SMILES string of the molecule is O=c1ccc(NCC2CCCCO2)c2n1CCc1ccccc1-2. The number of rotatable bonds is 3. The van der Waals surface area contributed by atoms with Crippen LogP contribution in [0.25, 0.3) is 11.3 Å². The molecule has 2 aromatic rings. The van der Waals surface area contributed by atoms with Crippen LogP contribution in [-0.2, 0) is 17.7 Å². The molecule has 1 atom stereocenters. The predicted molar refractivity (Wildman–Crippen MR) is 91.9 cm³/mol. The van der Waals surface area contributed by atoms with Gasteiger partial charge in [0.05, 0.1) is 17.5 Å². The van der Waals surface area contributed by atoms with Gasteiger partial charge in [-0.3, -0.25) is 4.79 Å². The van der Waals surface area contributed by atoms with Crippen LogP contribution in [-0.4, -0.2) is 23.8 Å². The minimum atomic E-state index is 0.0777. The second-order valence-corrected chi connectivity index (χ2v) is 6.36. The first kappa shape index (κ1) is 14.5. The van der Waals surface area contributed by atoms with Gasteiger partial charge < -0.3 is 14.6 Å². The van der Waals surface area contributed by atoms with Crippen molar-refractivity contribution in [1.29, 1.82) is 0 Å². The Balaban J connectivity index is 1.67. The highest BCUT2D eigenvalue weighted by molar-refractivity contribution is 5.78. The zero-order valence-electron chi connectivity index (χ0n) is 13.3. The van der Waals surface area contributed by atoms with Crippen LogP contribution < -0.4 is 10.9 Å². The molecule has 0 amide bonds. The molecular weight excluding hydrogens is 288 g/mol. The molecule has 1 aromatic carbocycles. The molecule has 0 spiro atoms. The van der Waals surface area contributed by atoms with Crippen molar-refractivity contribution in [3.05, 3.63) is 52.3 Å². The highest BCUT2D eigenvalue weighted by Gasteiger charge is 2.21. The molecule has 2 aliphatic heterocycles. The standard InChI is InChI=1S/C19H22N2O2/c22-18-9-8-17(20-13-15-6-3-4-12-23-15)19-16-7-2-1-5-14(16)10-11-21(18)19/h1-2,5,7-9,15,20H,3-4,6,10-13H2. The van der Waals surface area contributed by atoms with Gasteiger partial charge in [0.15, 0.2) is 0 Å². The van der Waals surface area contributed by atoms with E-state index < -0.39 is 0 Å². The second-order valence-electron chi connectivity index (χ2n) is 6.36. The number of hydrogen-bond acceptors (Lipinski definition) is 3. The van der Waals surface area contributed by atoms with Crippen LogP contribution in [0.1, 0.15) is 24.8 Å². The van der Waals surface area contributed by atoms with Crippen LogP contribution in [0.5, 0.6) is 0 Å². The third kappa shape index (κ3) is 2.79. The largest absolute Gasteiger partial charge is 0.381 e. The van der Waals surface area contributed by atoms with E-state index in [0.717, 1.165) is 43.9 Å². The first-order valence-corrected chi connectivity index (χ1v) is 8.50. The topological polar surface area (TPSA) is 43.3 Å². The van der Waals surface area contributed by atoms with Gasteiger partial charge in [-0.05, 0) is 37.3 Å². The molecule has 1 unspecified atom stereocenters. The molecule has 4 nitrogen and oxygen atoms in total. The second kappa shape index (κ2) is 6.20. The van der Waals surface area contributed by atoms with Crippen LogP contribution in [0, 0.1) is 0 Å². The summed E-state index contributed by atoms with van der Waals surface area (Å²) >= 11 is 0. The van der Waals surface area contributed by atoms with Crippen LogP contribution >= 0.6 is 0 Å². The third-order valence-electron chi connectivity index (χ3n) is 4.86. The number of ether oxygens (including phenoxy) is 1. The van der Waals surface area contributed by atoms with Gasteiger partial charge in [-0.2, -0.15) is 0 Å². The number of nitrogens with zero attached hydrogens (tertiary/aromatic N) is 1. The minimum Gasteiger partial charge on any atom is -0.381 e. The maximum Gasteiger partial charge on any atom is 0.251 e. The Bertz CT molecular complexity index is 760. The van der Waals surface area contributed by atoms with Gasteiger partial charge in [-0.15, -0.1) is 0 Å². The summed E-state index contributed by atoms with van der Waals surface area (Å²) in [6.45, 7) is 2.41. The summed E-state index contributed by atoms with van der Waals surface area (Å²) in [4.78, 5) is 12.2. The van der Waals surface area contributed by atoms with Crippen molar-refractivity contribution < 1.29 is 4.74 Å². The van der Waals surface area contributed by atoms with Crippen LogP contribution in [0.4, 0.5) is 5.69 Å². The molecule has 1 aromatic heterocycles. The Kier molecular flexibility index (Phi) is 3.92.